The van der Waals surface area contributed by atoms with Crippen molar-refractivity contribution in [3.63, 3.8) is 0 Å². The van der Waals surface area contributed by atoms with Crippen molar-refractivity contribution in [2.24, 2.45) is 0 Å². The fraction of sp³-hybridized carbons (Fsp3) is 0.107. The number of aromatic amines is 2. The van der Waals surface area contributed by atoms with Crippen molar-refractivity contribution in [1.29, 1.82) is 0 Å². The fourth-order valence-corrected chi connectivity index (χ4v) is 5.31. The van der Waals surface area contributed by atoms with E-state index in [-0.39, 0.29) is 11.9 Å². The van der Waals surface area contributed by atoms with Crippen LogP contribution in [0.3, 0.4) is 0 Å². The summed E-state index contributed by atoms with van der Waals surface area (Å²) in [6.07, 6.45) is 5.94. The third kappa shape index (κ3) is 3.43. The second-order valence-corrected chi connectivity index (χ2v) is 9.08. The van der Waals surface area contributed by atoms with E-state index in [1.165, 1.54) is 12.1 Å². The van der Waals surface area contributed by atoms with Gasteiger partial charge in [-0.25, -0.2) is 9.37 Å². The number of aromatic nitrogens is 7. The van der Waals surface area contributed by atoms with Crippen molar-refractivity contribution in [3.8, 4) is 11.4 Å². The van der Waals surface area contributed by atoms with Crippen molar-refractivity contribution in [2.75, 3.05) is 0 Å². The minimum Gasteiger partial charge on any atom is -0.356 e. The molecule has 2 aromatic carbocycles. The number of rotatable bonds is 4. The third-order valence-electron chi connectivity index (χ3n) is 6.97. The van der Waals surface area contributed by atoms with Crippen LogP contribution in [-0.4, -0.2) is 35.3 Å². The zero-order valence-electron chi connectivity index (χ0n) is 19.6. The third-order valence-corrected chi connectivity index (χ3v) is 6.97. The Labute approximate surface area is 211 Å². The number of nitrogens with one attached hydrogen (secondary N) is 3. The molecule has 7 rings (SSSR count). The standard InChI is InChI=1S/C28H21FN8/c29-19-11-9-17(10-12-19)26-33-27(37-36-26)23-15-21-20-6-1-2-7-22(20)32-25(21)28(34-23,18-5-3-13-30-16-18)24-8-4-14-31-35-24/h1-14,16,23,32,34H,15H2,(H,33,36,37)/t23-,28?/m1/s1. The first-order valence-electron chi connectivity index (χ1n) is 12.0. The topological polar surface area (TPSA) is 108 Å². The number of halogens is 1. The molecule has 180 valence electrons. The molecule has 9 heteroatoms. The minimum absolute atomic E-state index is 0.240. The lowest BCUT2D eigenvalue weighted by molar-refractivity contribution is 0.341. The Morgan fingerprint density at radius 1 is 0.919 bits per heavy atom. The van der Waals surface area contributed by atoms with Gasteiger partial charge >= 0.3 is 0 Å². The van der Waals surface area contributed by atoms with Crippen LogP contribution in [0.4, 0.5) is 4.39 Å². The monoisotopic (exact) mass is 488 g/mol. The van der Waals surface area contributed by atoms with Crippen LogP contribution in [0.5, 0.6) is 0 Å². The van der Waals surface area contributed by atoms with Gasteiger partial charge in [-0.1, -0.05) is 24.3 Å². The maximum absolute atomic E-state index is 13.5. The summed E-state index contributed by atoms with van der Waals surface area (Å²) in [5, 5.41) is 21.3. The second-order valence-electron chi connectivity index (χ2n) is 9.08. The predicted octanol–water partition coefficient (Wildman–Crippen LogP) is 4.46. The highest BCUT2D eigenvalue weighted by atomic mass is 19.1. The average molecular weight is 489 g/mol. The van der Waals surface area contributed by atoms with E-state index in [1.54, 1.807) is 24.5 Å². The van der Waals surface area contributed by atoms with Crippen molar-refractivity contribution >= 4 is 10.9 Å². The summed E-state index contributed by atoms with van der Waals surface area (Å²) in [6.45, 7) is 0. The van der Waals surface area contributed by atoms with Crippen molar-refractivity contribution in [3.05, 3.63) is 126 Å². The normalized spacial score (nSPS) is 19.1. The van der Waals surface area contributed by atoms with Gasteiger partial charge in [0, 0.05) is 40.6 Å². The Morgan fingerprint density at radius 3 is 2.59 bits per heavy atom. The quantitative estimate of drug-likeness (QED) is 0.338. The fourth-order valence-electron chi connectivity index (χ4n) is 5.31. The number of fused-ring (bicyclic) bond motifs is 3. The van der Waals surface area contributed by atoms with Crippen LogP contribution in [0.15, 0.2) is 91.4 Å². The van der Waals surface area contributed by atoms with Crippen molar-refractivity contribution < 1.29 is 4.39 Å². The van der Waals surface area contributed by atoms with Crippen LogP contribution in [0.1, 0.15) is 34.4 Å². The van der Waals surface area contributed by atoms with E-state index >= 15 is 0 Å². The van der Waals surface area contributed by atoms with Gasteiger partial charge in [-0.15, -0.1) is 0 Å². The van der Waals surface area contributed by atoms with E-state index in [2.05, 4.69) is 47.8 Å². The van der Waals surface area contributed by atoms with Gasteiger partial charge in [0.2, 0.25) is 0 Å². The maximum Gasteiger partial charge on any atom is 0.181 e. The van der Waals surface area contributed by atoms with Gasteiger partial charge in [0.25, 0.3) is 0 Å². The van der Waals surface area contributed by atoms with E-state index < -0.39 is 5.54 Å². The van der Waals surface area contributed by atoms with Crippen LogP contribution in [0, 0.1) is 5.82 Å². The number of para-hydroxylation sites is 1. The highest BCUT2D eigenvalue weighted by molar-refractivity contribution is 5.86. The summed E-state index contributed by atoms with van der Waals surface area (Å²) in [5.74, 6) is 0.881. The van der Waals surface area contributed by atoms with Crippen LogP contribution >= 0.6 is 0 Å². The lowest BCUT2D eigenvalue weighted by atomic mass is 9.77. The van der Waals surface area contributed by atoms with E-state index in [1.807, 2.05) is 42.6 Å². The molecule has 1 aliphatic heterocycles. The van der Waals surface area contributed by atoms with Gasteiger partial charge in [-0.2, -0.15) is 15.3 Å². The lowest BCUT2D eigenvalue weighted by Gasteiger charge is -2.41. The molecular formula is C28H21FN8. The predicted molar refractivity (Wildman–Crippen MR) is 136 cm³/mol. The largest absolute Gasteiger partial charge is 0.356 e. The SMILES string of the molecule is Fc1ccc(-c2n[nH]c([C@H]3Cc4c([nH]c5ccccc45)C(c4cccnc4)(c4cccnn4)N3)n2)cc1. The molecule has 0 saturated carbocycles. The van der Waals surface area contributed by atoms with Crippen LogP contribution < -0.4 is 5.32 Å². The Kier molecular flexibility index (Phi) is 4.90. The van der Waals surface area contributed by atoms with Gasteiger partial charge in [0.15, 0.2) is 5.82 Å². The molecule has 4 aromatic heterocycles. The van der Waals surface area contributed by atoms with Crippen LogP contribution in [0.25, 0.3) is 22.3 Å². The summed E-state index contributed by atoms with van der Waals surface area (Å²) in [7, 11) is 0. The molecule has 8 nitrogen and oxygen atoms in total. The summed E-state index contributed by atoms with van der Waals surface area (Å²) in [4.78, 5) is 12.9. The molecule has 0 aliphatic carbocycles. The second kappa shape index (κ2) is 8.42. The van der Waals surface area contributed by atoms with Gasteiger partial charge in [0.1, 0.15) is 17.2 Å². The molecule has 37 heavy (non-hydrogen) atoms. The first kappa shape index (κ1) is 21.5. The first-order valence-corrected chi connectivity index (χ1v) is 12.0. The van der Waals surface area contributed by atoms with Gasteiger partial charge in [-0.3, -0.25) is 15.4 Å². The highest BCUT2D eigenvalue weighted by Crippen LogP contribution is 2.45. The van der Waals surface area contributed by atoms with Crippen LogP contribution in [-0.2, 0) is 12.0 Å². The lowest BCUT2D eigenvalue weighted by Crippen LogP contribution is -2.51. The zero-order chi connectivity index (χ0) is 24.8. The first-order chi connectivity index (χ1) is 18.2. The summed E-state index contributed by atoms with van der Waals surface area (Å²) in [6, 6.07) is 22.0. The highest BCUT2D eigenvalue weighted by Gasteiger charge is 2.47. The van der Waals surface area contributed by atoms with Gasteiger partial charge in [-0.05, 0) is 60.5 Å². The van der Waals surface area contributed by atoms with Gasteiger partial charge < -0.3 is 4.98 Å². The molecule has 2 atom stereocenters. The Morgan fingerprint density at radius 2 is 1.78 bits per heavy atom. The molecule has 3 N–H and O–H groups in total. The number of hydrogen-bond acceptors (Lipinski definition) is 6. The molecule has 0 bridgehead atoms. The Hall–Kier alpha value is -4.76. The number of H-pyrrole nitrogens is 2. The Bertz CT molecular complexity index is 1650. The average Bonchev–Trinajstić information content (AvgIpc) is 3.60. The summed E-state index contributed by atoms with van der Waals surface area (Å²) < 4.78 is 13.5. The number of hydrogen-bond donors (Lipinski definition) is 3. The van der Waals surface area contributed by atoms with Crippen molar-refractivity contribution in [1.82, 2.24) is 40.7 Å². The van der Waals surface area contributed by atoms with E-state index in [0.717, 1.165) is 39.0 Å². The number of nitrogens with zero attached hydrogens (tertiary/aromatic N) is 5. The molecule has 0 amide bonds. The number of benzene rings is 2. The summed E-state index contributed by atoms with van der Waals surface area (Å²) in [5.41, 5.74) is 4.72. The zero-order valence-corrected chi connectivity index (χ0v) is 19.6. The molecule has 0 saturated heterocycles. The van der Waals surface area contributed by atoms with E-state index in [9.17, 15) is 4.39 Å². The van der Waals surface area contributed by atoms with Gasteiger partial charge in [0.05, 0.1) is 17.4 Å². The molecule has 6 aromatic rings. The number of pyridine rings is 1. The maximum atomic E-state index is 13.5. The molecule has 0 spiro atoms. The molecule has 0 radical (unpaired) electrons. The van der Waals surface area contributed by atoms with Crippen molar-refractivity contribution in [2.45, 2.75) is 18.0 Å². The molecule has 0 fully saturated rings. The minimum atomic E-state index is -0.872. The molecule has 1 aliphatic rings. The molecule has 5 heterocycles. The van der Waals surface area contributed by atoms with E-state index in [0.29, 0.717) is 18.1 Å². The summed E-state index contributed by atoms with van der Waals surface area (Å²) >= 11 is 0. The molecular weight excluding hydrogens is 467 g/mol. The smallest absolute Gasteiger partial charge is 0.181 e. The Balaban J connectivity index is 1.44. The molecule has 1 unspecified atom stereocenters. The van der Waals surface area contributed by atoms with Crippen LogP contribution in [0.2, 0.25) is 0 Å². The van der Waals surface area contributed by atoms with E-state index in [4.69, 9.17) is 4.98 Å².